The van der Waals surface area contributed by atoms with Gasteiger partial charge >= 0.3 is 0 Å². The minimum Gasteiger partial charge on any atom is -0.309 e. The topological polar surface area (TPSA) is 3.24 Å². The molecule has 7 aliphatic rings. The number of anilines is 3. The van der Waals surface area contributed by atoms with Crippen LogP contribution in [0, 0.1) is 23.7 Å². The van der Waals surface area contributed by atoms with Crippen LogP contribution in [0.3, 0.4) is 0 Å². The molecule has 0 spiro atoms. The van der Waals surface area contributed by atoms with E-state index in [0.717, 1.165) is 17.8 Å². The number of hydrogen-bond donors (Lipinski definition) is 0. The van der Waals surface area contributed by atoms with E-state index in [1.165, 1.54) is 147 Å². The second-order valence-corrected chi connectivity index (χ2v) is 20.9. The zero-order chi connectivity index (χ0) is 43.9. The van der Waals surface area contributed by atoms with E-state index in [2.05, 4.69) is 201 Å². The Morgan fingerprint density at radius 2 is 1.11 bits per heavy atom. The zero-order valence-corrected chi connectivity index (χ0v) is 38.5. The molecule has 0 saturated heterocycles. The average Bonchev–Trinajstić information content (AvgIpc) is 4.06. The third-order valence-corrected chi connectivity index (χ3v) is 17.5. The van der Waals surface area contributed by atoms with Gasteiger partial charge in [-0.3, -0.25) is 0 Å². The van der Waals surface area contributed by atoms with Gasteiger partial charge in [0, 0.05) is 22.2 Å². The molecule has 3 unspecified atom stereocenters. The van der Waals surface area contributed by atoms with E-state index in [1.807, 2.05) is 0 Å². The summed E-state index contributed by atoms with van der Waals surface area (Å²) in [5.74, 6) is 3.75. The van der Waals surface area contributed by atoms with E-state index in [9.17, 15) is 0 Å². The largest absolute Gasteiger partial charge is 0.309 e. The van der Waals surface area contributed by atoms with Crippen molar-refractivity contribution < 1.29 is 0 Å². The van der Waals surface area contributed by atoms with Gasteiger partial charge in [0.25, 0.3) is 0 Å². The van der Waals surface area contributed by atoms with Crippen molar-refractivity contribution in [3.63, 3.8) is 0 Å². The molecule has 0 aromatic heterocycles. The van der Waals surface area contributed by atoms with E-state index < -0.39 is 0 Å². The molecule has 324 valence electrons. The lowest BCUT2D eigenvalue weighted by atomic mass is 9.63. The first kappa shape index (κ1) is 39.9. The molecule has 4 bridgehead atoms. The van der Waals surface area contributed by atoms with Crippen LogP contribution in [0.2, 0.25) is 0 Å². The van der Waals surface area contributed by atoms with Crippen molar-refractivity contribution in [2.24, 2.45) is 23.7 Å². The summed E-state index contributed by atoms with van der Waals surface area (Å²) in [4.78, 5) is 2.64. The van der Waals surface area contributed by atoms with Gasteiger partial charge in [-0.1, -0.05) is 176 Å². The van der Waals surface area contributed by atoms with Crippen LogP contribution in [0.25, 0.3) is 55.3 Å². The summed E-state index contributed by atoms with van der Waals surface area (Å²) in [6.07, 6.45) is 11.8. The number of hydrogen-bond acceptors (Lipinski definition) is 1. The van der Waals surface area contributed by atoms with Crippen LogP contribution >= 0.6 is 0 Å². The van der Waals surface area contributed by atoms with Gasteiger partial charge in [0.15, 0.2) is 0 Å². The van der Waals surface area contributed by atoms with Gasteiger partial charge < -0.3 is 4.90 Å². The summed E-state index contributed by atoms with van der Waals surface area (Å²) < 4.78 is 0. The average molecular weight is 854 g/mol. The molecule has 8 aromatic carbocycles. The molecule has 0 N–H and O–H groups in total. The van der Waals surface area contributed by atoms with E-state index in [-0.39, 0.29) is 5.41 Å². The zero-order valence-electron chi connectivity index (χ0n) is 38.5. The maximum atomic E-state index is 2.64. The first-order valence-electron chi connectivity index (χ1n) is 25.1. The number of allylic oxidation sites excluding steroid dienone is 2. The molecular weight excluding hydrogens is 795 g/mol. The second kappa shape index (κ2) is 15.9. The van der Waals surface area contributed by atoms with Gasteiger partial charge in [-0.2, -0.15) is 0 Å². The molecule has 0 heterocycles. The predicted octanol–water partition coefficient (Wildman–Crippen LogP) is 18.0. The summed E-state index contributed by atoms with van der Waals surface area (Å²) in [5, 5.41) is 2.56. The Bertz CT molecular complexity index is 3170. The molecule has 4 saturated carbocycles. The van der Waals surface area contributed by atoms with Crippen molar-refractivity contribution in [1.29, 1.82) is 0 Å². The lowest BCUT2D eigenvalue weighted by Crippen LogP contribution is -2.34. The van der Waals surface area contributed by atoms with Crippen molar-refractivity contribution in [2.45, 2.75) is 83.0 Å². The van der Waals surface area contributed by atoms with E-state index >= 15 is 0 Å². The summed E-state index contributed by atoms with van der Waals surface area (Å²) in [5.41, 5.74) is 22.1. The number of rotatable bonds is 8. The third-order valence-electron chi connectivity index (χ3n) is 17.5. The Morgan fingerprint density at radius 1 is 0.485 bits per heavy atom. The third kappa shape index (κ3) is 6.33. The van der Waals surface area contributed by atoms with Gasteiger partial charge in [-0.05, 0) is 179 Å². The Morgan fingerprint density at radius 3 is 1.85 bits per heavy atom. The molecule has 7 aliphatic carbocycles. The quantitative estimate of drug-likeness (QED) is 0.138. The Kier molecular flexibility index (Phi) is 9.59. The van der Waals surface area contributed by atoms with E-state index in [4.69, 9.17) is 0 Å². The Labute approximate surface area is 391 Å². The highest BCUT2D eigenvalue weighted by Gasteiger charge is 2.48. The highest BCUT2D eigenvalue weighted by atomic mass is 15.1. The standard InChI is InChI=1S/C65H59N/c1-42-16-14-19-49(40-43-36-47(42)37-43)65(2)60-26-12-10-25-58(60)64-61(65)27-15-29-63(64)66(62-28-13-11-24-57(62)55-22-8-9-23-56(55)59-41-44-38-48(59)39-44)50-32-30-46(31-33-50)52-35-34-51(45-17-4-3-5-18-45)53-20-6-7-21-54(52)53/h3-13,15,17-18,20-35,43-44,48-49,59H,14,16,19,36-41H2,1-2H3. The van der Waals surface area contributed by atoms with Crippen LogP contribution in [-0.4, -0.2) is 0 Å². The first-order valence-corrected chi connectivity index (χ1v) is 25.1. The molecule has 4 fully saturated rings. The molecular formula is C65H59N. The van der Waals surface area contributed by atoms with Crippen molar-refractivity contribution in [3.05, 3.63) is 210 Å². The fraction of sp³-hybridized carbons (Fsp3) is 0.262. The Balaban J connectivity index is 0.987. The first-order chi connectivity index (χ1) is 32.5. The van der Waals surface area contributed by atoms with Crippen molar-refractivity contribution in [1.82, 2.24) is 0 Å². The van der Waals surface area contributed by atoms with Crippen LogP contribution in [0.15, 0.2) is 193 Å². The van der Waals surface area contributed by atoms with Crippen LogP contribution in [0.4, 0.5) is 17.1 Å². The van der Waals surface area contributed by atoms with Crippen molar-refractivity contribution >= 4 is 27.8 Å². The van der Waals surface area contributed by atoms with Gasteiger partial charge in [0.05, 0.1) is 11.4 Å². The van der Waals surface area contributed by atoms with Crippen LogP contribution in [0.5, 0.6) is 0 Å². The lowest BCUT2D eigenvalue weighted by molar-refractivity contribution is 0.235. The van der Waals surface area contributed by atoms with Gasteiger partial charge in [-0.25, -0.2) is 0 Å². The van der Waals surface area contributed by atoms with E-state index in [1.54, 1.807) is 11.1 Å². The summed E-state index contributed by atoms with van der Waals surface area (Å²) >= 11 is 0. The lowest BCUT2D eigenvalue weighted by Gasteiger charge is -2.41. The van der Waals surface area contributed by atoms with Gasteiger partial charge in [0.2, 0.25) is 0 Å². The molecule has 0 radical (unpaired) electrons. The molecule has 3 atom stereocenters. The highest BCUT2D eigenvalue weighted by molar-refractivity contribution is 6.05. The maximum absolute atomic E-state index is 2.64. The van der Waals surface area contributed by atoms with Crippen LogP contribution in [-0.2, 0) is 5.41 Å². The fourth-order valence-electron chi connectivity index (χ4n) is 14.0. The normalized spacial score (nSPS) is 23.8. The monoisotopic (exact) mass is 853 g/mol. The van der Waals surface area contributed by atoms with Crippen molar-refractivity contribution in [3.8, 4) is 44.5 Å². The molecule has 0 amide bonds. The number of fused-ring (bicyclic) bond motifs is 10. The highest BCUT2D eigenvalue weighted by Crippen LogP contribution is 2.61. The summed E-state index contributed by atoms with van der Waals surface area (Å²) in [6, 6.07) is 69.4. The van der Waals surface area contributed by atoms with Crippen molar-refractivity contribution in [2.75, 3.05) is 4.90 Å². The number of benzene rings is 8. The number of para-hydroxylation sites is 1. The molecule has 0 aliphatic heterocycles. The van der Waals surface area contributed by atoms with Gasteiger partial charge in [0.1, 0.15) is 0 Å². The second-order valence-electron chi connectivity index (χ2n) is 20.9. The van der Waals surface area contributed by atoms with Crippen LogP contribution in [0.1, 0.15) is 94.2 Å². The maximum Gasteiger partial charge on any atom is 0.0543 e. The summed E-state index contributed by atoms with van der Waals surface area (Å²) in [6.45, 7) is 5.03. The molecule has 66 heavy (non-hydrogen) atoms. The van der Waals surface area contributed by atoms with E-state index in [0.29, 0.717) is 11.8 Å². The molecule has 8 aromatic rings. The Hall–Kier alpha value is -6.44. The SMILES string of the molecule is CC1=C2CC(C2)CC(C2(C)c3ccccc3-c3c(N(c4ccc(-c5ccc(-c6ccccc6)c6ccccc56)cc4)c4ccccc4-c4ccccc4C4CC5CC4C5)cccc32)CCC1. The van der Waals surface area contributed by atoms with Gasteiger partial charge in [-0.15, -0.1) is 0 Å². The number of nitrogens with zero attached hydrogens (tertiary/aromatic N) is 1. The smallest absolute Gasteiger partial charge is 0.0543 e. The molecule has 1 nitrogen and oxygen atoms in total. The predicted molar refractivity (Wildman–Crippen MR) is 278 cm³/mol. The minimum atomic E-state index is -0.0756. The molecule has 1 heteroatoms. The minimum absolute atomic E-state index is 0.0756. The summed E-state index contributed by atoms with van der Waals surface area (Å²) in [7, 11) is 0. The molecule has 15 rings (SSSR count). The van der Waals surface area contributed by atoms with Crippen LogP contribution < -0.4 is 4.90 Å². The fourth-order valence-corrected chi connectivity index (χ4v) is 14.0.